The molecule has 4 nitrogen and oxygen atoms in total. The summed E-state index contributed by atoms with van der Waals surface area (Å²) in [4.78, 5) is 23.2. The Kier molecular flexibility index (Phi) is 23.8. The Morgan fingerprint density at radius 2 is 0.588 bits per heavy atom. The second-order valence-electron chi connectivity index (χ2n) is 10.1. The Bertz CT molecular complexity index is 478. The van der Waals surface area contributed by atoms with E-state index < -0.39 is 11.9 Å². The van der Waals surface area contributed by atoms with Gasteiger partial charge in [0.2, 0.25) is 0 Å². The van der Waals surface area contributed by atoms with Crippen LogP contribution in [-0.4, -0.2) is 11.9 Å². The lowest BCUT2D eigenvalue weighted by Crippen LogP contribution is -2.32. The first-order valence-corrected chi connectivity index (χ1v) is 14.7. The van der Waals surface area contributed by atoms with Gasteiger partial charge >= 0.3 is 0 Å². The predicted molar refractivity (Wildman–Crippen MR) is 139 cm³/mol. The van der Waals surface area contributed by atoms with Gasteiger partial charge in [-0.05, 0) is 36.8 Å². The van der Waals surface area contributed by atoms with Gasteiger partial charge in [0.25, 0.3) is 0 Å². The van der Waals surface area contributed by atoms with E-state index in [1.807, 2.05) is 0 Å². The maximum absolute atomic E-state index is 11.6. The van der Waals surface area contributed by atoms with Crippen molar-refractivity contribution >= 4 is 11.9 Å². The summed E-state index contributed by atoms with van der Waals surface area (Å²) in [7, 11) is 0. The van der Waals surface area contributed by atoms with Crippen LogP contribution in [-0.2, 0) is 9.59 Å². The molecule has 0 atom stereocenters. The fourth-order valence-electron chi connectivity index (χ4n) is 4.68. The molecule has 0 aromatic heterocycles. The molecule has 4 heteroatoms. The zero-order valence-electron chi connectivity index (χ0n) is 22.6. The highest BCUT2D eigenvalue weighted by Gasteiger charge is 2.10. The molecule has 0 rings (SSSR count). The van der Waals surface area contributed by atoms with Crippen molar-refractivity contribution in [2.75, 3.05) is 0 Å². The molecule has 0 unspecified atom stereocenters. The minimum absolute atomic E-state index is 0.0389. The quantitative estimate of drug-likeness (QED) is 0.0973. The molecule has 0 saturated heterocycles. The summed E-state index contributed by atoms with van der Waals surface area (Å²) in [5.41, 5.74) is -0.0778. The number of carboxylic acids is 2. The number of carbonyl (C=O) groups is 2. The van der Waals surface area contributed by atoms with Crippen molar-refractivity contribution in [1.82, 2.24) is 0 Å². The van der Waals surface area contributed by atoms with Crippen molar-refractivity contribution in [1.29, 1.82) is 0 Å². The Balaban J connectivity index is 4.05. The number of carboxylic acid groups (broad SMARTS) is 2. The highest BCUT2D eigenvalue weighted by atomic mass is 16.4. The molecule has 0 aliphatic rings. The molecule has 0 saturated carbocycles. The smallest absolute Gasteiger partial charge is 0.0678 e. The van der Waals surface area contributed by atoms with E-state index in [1.165, 1.54) is 103 Å². The number of unbranched alkanes of at least 4 members (excludes halogenated alkanes) is 20. The summed E-state index contributed by atoms with van der Waals surface area (Å²) in [6.45, 7) is 4.46. The molecule has 0 spiro atoms. The predicted octanol–water partition coefficient (Wildman–Crippen LogP) is 7.19. The third-order valence-electron chi connectivity index (χ3n) is 6.92. The zero-order valence-corrected chi connectivity index (χ0v) is 22.6. The fourth-order valence-corrected chi connectivity index (χ4v) is 4.68. The lowest BCUT2D eigenvalue weighted by Gasteiger charge is -2.17. The lowest BCUT2D eigenvalue weighted by molar-refractivity contribution is -0.304. The largest absolute Gasteiger partial charge is 0.545 e. The second kappa shape index (κ2) is 24.8. The fraction of sp³-hybridized carbons (Fsp3) is 0.867. The van der Waals surface area contributed by atoms with Gasteiger partial charge in [-0.25, -0.2) is 0 Å². The highest BCUT2D eigenvalue weighted by Crippen LogP contribution is 2.20. The number of hydrogen-bond donors (Lipinski definition) is 0. The summed E-state index contributed by atoms with van der Waals surface area (Å²) in [6, 6.07) is 0. The van der Waals surface area contributed by atoms with Gasteiger partial charge in [0.05, 0.1) is 11.9 Å². The number of aliphatic carboxylic acids is 2. The molecule has 0 aliphatic carbocycles. The topological polar surface area (TPSA) is 80.3 Å². The number of rotatable bonds is 26. The summed E-state index contributed by atoms with van der Waals surface area (Å²) in [5.74, 6) is -2.68. The first-order valence-electron chi connectivity index (χ1n) is 14.7. The summed E-state index contributed by atoms with van der Waals surface area (Å²) >= 11 is 0. The van der Waals surface area contributed by atoms with Gasteiger partial charge in [0, 0.05) is 0 Å². The van der Waals surface area contributed by atoms with Crippen LogP contribution < -0.4 is 10.2 Å². The number of hydrogen-bond acceptors (Lipinski definition) is 4. The third kappa shape index (κ3) is 20.1. The van der Waals surface area contributed by atoms with E-state index >= 15 is 0 Å². The molecule has 34 heavy (non-hydrogen) atoms. The van der Waals surface area contributed by atoms with Crippen molar-refractivity contribution in [2.24, 2.45) is 0 Å². The molecule has 0 heterocycles. The maximum atomic E-state index is 11.6. The average Bonchev–Trinajstić information content (AvgIpc) is 2.81. The Morgan fingerprint density at radius 1 is 0.382 bits per heavy atom. The standard InChI is InChI=1S/C30H56O4/c1-3-5-7-9-11-13-15-17-19-21-23-25-27(29(31)32)28(30(33)34)26-24-22-20-18-16-14-12-10-8-6-4-2/h3-26H2,1-2H3,(H,31,32)(H,33,34)/p-2/b28-27-. The first-order chi connectivity index (χ1) is 16.5. The van der Waals surface area contributed by atoms with Gasteiger partial charge in [-0.3, -0.25) is 0 Å². The molecule has 0 amide bonds. The van der Waals surface area contributed by atoms with Gasteiger partial charge < -0.3 is 19.8 Å². The van der Waals surface area contributed by atoms with Crippen molar-refractivity contribution in [3.05, 3.63) is 11.1 Å². The summed E-state index contributed by atoms with van der Waals surface area (Å²) in [5, 5.41) is 23.2. The molecule has 0 fully saturated rings. The Hall–Kier alpha value is -1.32. The van der Waals surface area contributed by atoms with E-state index in [4.69, 9.17) is 0 Å². The average molecular weight is 479 g/mol. The minimum Gasteiger partial charge on any atom is -0.545 e. The molecule has 0 aromatic carbocycles. The van der Waals surface area contributed by atoms with Crippen molar-refractivity contribution in [3.8, 4) is 0 Å². The van der Waals surface area contributed by atoms with Gasteiger partial charge in [-0.2, -0.15) is 0 Å². The molecule has 0 radical (unpaired) electrons. The van der Waals surface area contributed by atoms with Crippen molar-refractivity contribution < 1.29 is 19.8 Å². The van der Waals surface area contributed by atoms with Gasteiger partial charge in [0.15, 0.2) is 0 Å². The highest BCUT2D eigenvalue weighted by molar-refractivity contribution is 5.97. The molecular weight excluding hydrogens is 424 g/mol. The van der Waals surface area contributed by atoms with Crippen LogP contribution in [0, 0.1) is 0 Å². The van der Waals surface area contributed by atoms with Crippen LogP contribution in [0.5, 0.6) is 0 Å². The van der Waals surface area contributed by atoms with Crippen LogP contribution in [0.1, 0.15) is 168 Å². The van der Waals surface area contributed by atoms with Crippen LogP contribution in [0.15, 0.2) is 11.1 Å². The zero-order chi connectivity index (χ0) is 25.3. The van der Waals surface area contributed by atoms with E-state index in [1.54, 1.807) is 0 Å². The van der Waals surface area contributed by atoms with Gasteiger partial charge in [-0.1, -0.05) is 142 Å². The maximum Gasteiger partial charge on any atom is 0.0678 e. The van der Waals surface area contributed by atoms with Crippen LogP contribution in [0.25, 0.3) is 0 Å². The van der Waals surface area contributed by atoms with Crippen molar-refractivity contribution in [2.45, 2.75) is 168 Å². The molecule has 0 aliphatic heterocycles. The summed E-state index contributed by atoms with van der Waals surface area (Å²) in [6.07, 6.45) is 26.6. The minimum atomic E-state index is -1.34. The van der Waals surface area contributed by atoms with Gasteiger partial charge in [-0.15, -0.1) is 0 Å². The van der Waals surface area contributed by atoms with Crippen molar-refractivity contribution in [3.63, 3.8) is 0 Å². The molecule has 0 bridgehead atoms. The van der Waals surface area contributed by atoms with E-state index in [0.717, 1.165) is 25.7 Å². The normalized spacial score (nSPS) is 12.1. The van der Waals surface area contributed by atoms with Crippen LogP contribution in [0.4, 0.5) is 0 Å². The lowest BCUT2D eigenvalue weighted by atomic mass is 9.96. The van der Waals surface area contributed by atoms with Crippen LogP contribution >= 0.6 is 0 Å². The summed E-state index contributed by atoms with van der Waals surface area (Å²) < 4.78 is 0. The first kappa shape index (κ1) is 32.7. The monoisotopic (exact) mass is 478 g/mol. The van der Waals surface area contributed by atoms with E-state index in [0.29, 0.717) is 12.8 Å². The van der Waals surface area contributed by atoms with Gasteiger partial charge in [0.1, 0.15) is 0 Å². The molecule has 200 valence electrons. The van der Waals surface area contributed by atoms with E-state index in [-0.39, 0.29) is 24.0 Å². The van der Waals surface area contributed by atoms with Crippen LogP contribution in [0.3, 0.4) is 0 Å². The SMILES string of the molecule is CCCCCCCCCCCCC/C(C(=O)[O-])=C(\CCCCCCCCCCCCC)C(=O)[O-]. The van der Waals surface area contributed by atoms with E-state index in [2.05, 4.69) is 13.8 Å². The van der Waals surface area contributed by atoms with E-state index in [9.17, 15) is 19.8 Å². The molecule has 0 aromatic rings. The Morgan fingerprint density at radius 3 is 0.794 bits per heavy atom. The third-order valence-corrected chi connectivity index (χ3v) is 6.92. The van der Waals surface area contributed by atoms with Crippen LogP contribution in [0.2, 0.25) is 0 Å². The molecular formula is C30H54O4-2. The molecule has 0 N–H and O–H groups in total. The Labute approximate surface area is 211 Å². The second-order valence-corrected chi connectivity index (χ2v) is 10.1. The number of carbonyl (C=O) groups excluding carboxylic acids is 2.